The van der Waals surface area contributed by atoms with E-state index in [-0.39, 0.29) is 18.4 Å². The Morgan fingerprint density at radius 1 is 1.13 bits per heavy atom. The molecule has 10 heteroatoms. The van der Waals surface area contributed by atoms with E-state index < -0.39 is 6.36 Å². The third-order valence-corrected chi connectivity index (χ3v) is 6.02. The Morgan fingerprint density at radius 2 is 1.97 bits per heavy atom. The molecule has 1 aromatic heterocycles. The monoisotopic (exact) mass is 448 g/mol. The minimum atomic E-state index is -4.76. The predicted molar refractivity (Wildman–Crippen MR) is 107 cm³/mol. The van der Waals surface area contributed by atoms with Gasteiger partial charge in [0.05, 0.1) is 6.20 Å². The molecule has 3 aromatic rings. The topological polar surface area (TPSA) is 60.9 Å². The minimum Gasteiger partial charge on any atom is -0.454 e. The van der Waals surface area contributed by atoms with Crippen LogP contribution < -0.4 is 19.1 Å². The average Bonchev–Trinajstić information content (AvgIpc) is 3.40. The van der Waals surface area contributed by atoms with Gasteiger partial charge in [0, 0.05) is 17.8 Å². The summed E-state index contributed by atoms with van der Waals surface area (Å²) in [6.07, 6.45) is -2.03. The number of fused-ring (bicyclic) bond motifs is 2. The molecule has 31 heavy (non-hydrogen) atoms. The van der Waals surface area contributed by atoms with Crippen LogP contribution in [-0.2, 0) is 6.42 Å². The van der Waals surface area contributed by atoms with Crippen LogP contribution in [0.25, 0.3) is 10.6 Å². The highest BCUT2D eigenvalue weighted by Gasteiger charge is 2.32. The first-order chi connectivity index (χ1) is 14.9. The number of carbonyl (C=O) groups is 1. The quantitative estimate of drug-likeness (QED) is 0.563. The molecule has 0 fully saturated rings. The van der Waals surface area contributed by atoms with Crippen LogP contribution in [0.2, 0.25) is 0 Å². The number of thiazole rings is 1. The van der Waals surface area contributed by atoms with Gasteiger partial charge >= 0.3 is 6.36 Å². The van der Waals surface area contributed by atoms with Crippen molar-refractivity contribution in [3.8, 4) is 27.8 Å². The average molecular weight is 448 g/mol. The highest BCUT2D eigenvalue weighted by atomic mass is 32.1. The number of anilines is 1. The van der Waals surface area contributed by atoms with Gasteiger partial charge in [-0.25, -0.2) is 4.98 Å². The molecule has 6 nitrogen and oxygen atoms in total. The number of ether oxygens (including phenoxy) is 3. The summed E-state index contributed by atoms with van der Waals surface area (Å²) in [5, 5.41) is 0.660. The smallest absolute Gasteiger partial charge is 0.454 e. The van der Waals surface area contributed by atoms with Crippen molar-refractivity contribution < 1.29 is 32.2 Å². The van der Waals surface area contributed by atoms with Crippen molar-refractivity contribution in [1.29, 1.82) is 0 Å². The van der Waals surface area contributed by atoms with Crippen LogP contribution in [0.4, 0.5) is 18.9 Å². The molecule has 0 saturated heterocycles. The minimum absolute atomic E-state index is 0.171. The van der Waals surface area contributed by atoms with Gasteiger partial charge < -0.3 is 19.1 Å². The fourth-order valence-electron chi connectivity index (χ4n) is 3.65. The van der Waals surface area contributed by atoms with Crippen molar-refractivity contribution >= 4 is 22.9 Å². The second kappa shape index (κ2) is 7.45. The summed E-state index contributed by atoms with van der Waals surface area (Å²) >= 11 is 1.25. The zero-order valence-electron chi connectivity index (χ0n) is 15.9. The van der Waals surface area contributed by atoms with Crippen LogP contribution in [-0.4, -0.2) is 30.6 Å². The molecule has 0 spiro atoms. The number of benzene rings is 2. The van der Waals surface area contributed by atoms with E-state index in [9.17, 15) is 18.0 Å². The predicted octanol–water partition coefficient (Wildman–Crippen LogP) is 5.03. The van der Waals surface area contributed by atoms with Gasteiger partial charge in [0.2, 0.25) is 6.79 Å². The van der Waals surface area contributed by atoms with E-state index in [0.29, 0.717) is 52.0 Å². The number of carbonyl (C=O) groups excluding carboxylic acids is 1. The molecule has 160 valence electrons. The summed E-state index contributed by atoms with van der Waals surface area (Å²) in [5.74, 6) is 0.760. The van der Waals surface area contributed by atoms with E-state index >= 15 is 0 Å². The Bertz CT molecular complexity index is 1160. The highest BCUT2D eigenvalue weighted by Crippen LogP contribution is 2.38. The molecule has 2 aliphatic rings. The normalized spacial score (nSPS) is 15.0. The van der Waals surface area contributed by atoms with Gasteiger partial charge in [-0.05, 0) is 54.8 Å². The van der Waals surface area contributed by atoms with E-state index in [0.717, 1.165) is 5.56 Å². The number of hydrogen-bond acceptors (Lipinski definition) is 6. The number of aromatic nitrogens is 1. The first-order valence-electron chi connectivity index (χ1n) is 9.44. The van der Waals surface area contributed by atoms with Crippen molar-refractivity contribution in [2.75, 3.05) is 18.2 Å². The van der Waals surface area contributed by atoms with Gasteiger partial charge in [0.25, 0.3) is 5.91 Å². The molecule has 1 amide bonds. The fraction of sp³-hybridized carbons (Fsp3) is 0.238. The molecule has 0 aliphatic carbocycles. The van der Waals surface area contributed by atoms with Crippen molar-refractivity contribution in [3.63, 3.8) is 0 Å². The van der Waals surface area contributed by atoms with Crippen LogP contribution in [0.3, 0.4) is 0 Å². The molecule has 0 unspecified atom stereocenters. The highest BCUT2D eigenvalue weighted by molar-refractivity contribution is 7.17. The first kappa shape index (κ1) is 19.7. The summed E-state index contributed by atoms with van der Waals surface area (Å²) in [7, 11) is 0. The van der Waals surface area contributed by atoms with Gasteiger partial charge in [0.1, 0.15) is 15.6 Å². The number of rotatable bonds is 3. The van der Waals surface area contributed by atoms with Crippen LogP contribution in [0.15, 0.2) is 42.6 Å². The zero-order chi connectivity index (χ0) is 21.6. The lowest BCUT2D eigenvalue weighted by Gasteiger charge is -2.29. The number of aryl methyl sites for hydroxylation is 1. The molecule has 2 aliphatic heterocycles. The molecule has 0 bridgehead atoms. The fourth-order valence-corrected chi connectivity index (χ4v) is 4.51. The van der Waals surface area contributed by atoms with Crippen LogP contribution >= 0.6 is 11.3 Å². The summed E-state index contributed by atoms with van der Waals surface area (Å²) < 4.78 is 52.2. The second-order valence-corrected chi connectivity index (χ2v) is 8.03. The van der Waals surface area contributed by atoms with E-state index in [2.05, 4.69) is 9.72 Å². The van der Waals surface area contributed by atoms with Gasteiger partial charge in [-0.3, -0.25) is 4.79 Å². The van der Waals surface area contributed by atoms with Crippen LogP contribution in [0.1, 0.15) is 21.7 Å². The SMILES string of the molecule is O=C(c1cnc(-c2ccc3c(c2)OCO3)s1)N1CCCc2cc(OC(F)(F)F)ccc21. The Balaban J connectivity index is 1.39. The van der Waals surface area contributed by atoms with Crippen LogP contribution in [0, 0.1) is 0 Å². The van der Waals surface area contributed by atoms with Crippen molar-refractivity contribution in [2.45, 2.75) is 19.2 Å². The van der Waals surface area contributed by atoms with E-state index in [1.54, 1.807) is 11.0 Å². The molecular weight excluding hydrogens is 433 g/mol. The van der Waals surface area contributed by atoms with Gasteiger partial charge in [-0.1, -0.05) is 0 Å². The Morgan fingerprint density at radius 3 is 2.81 bits per heavy atom. The third-order valence-electron chi connectivity index (χ3n) is 4.98. The third kappa shape index (κ3) is 3.90. The van der Waals surface area contributed by atoms with Gasteiger partial charge in [0.15, 0.2) is 11.5 Å². The molecule has 2 aromatic carbocycles. The molecular formula is C21H15F3N2O4S. The van der Waals surface area contributed by atoms with Crippen LogP contribution in [0.5, 0.6) is 17.2 Å². The van der Waals surface area contributed by atoms with Gasteiger partial charge in [-0.15, -0.1) is 24.5 Å². The number of hydrogen-bond donors (Lipinski definition) is 0. The summed E-state index contributed by atoms with van der Waals surface area (Å²) in [4.78, 5) is 19.5. The largest absolute Gasteiger partial charge is 0.573 e. The maximum absolute atomic E-state index is 13.1. The maximum Gasteiger partial charge on any atom is 0.573 e. The van der Waals surface area contributed by atoms with Crippen molar-refractivity contribution in [3.05, 3.63) is 53.0 Å². The number of amides is 1. The van der Waals surface area contributed by atoms with E-state index in [1.807, 2.05) is 12.1 Å². The van der Waals surface area contributed by atoms with E-state index in [4.69, 9.17) is 9.47 Å². The van der Waals surface area contributed by atoms with E-state index in [1.165, 1.54) is 35.7 Å². The standard InChI is InChI=1S/C21H15F3N2O4S/c22-21(23,24)30-14-4-5-15-12(8-14)2-1-7-26(15)20(27)18-10-25-19(31-18)13-3-6-16-17(9-13)29-11-28-16/h3-6,8-10H,1-2,7,11H2. The lowest BCUT2D eigenvalue weighted by Crippen LogP contribution is -2.35. The Labute approximate surface area is 178 Å². The Hall–Kier alpha value is -3.27. The van der Waals surface area contributed by atoms with Crippen molar-refractivity contribution in [2.24, 2.45) is 0 Å². The zero-order valence-corrected chi connectivity index (χ0v) is 16.8. The number of alkyl halides is 3. The molecule has 0 N–H and O–H groups in total. The van der Waals surface area contributed by atoms with Crippen molar-refractivity contribution in [1.82, 2.24) is 4.98 Å². The molecule has 0 atom stereocenters. The lowest BCUT2D eigenvalue weighted by atomic mass is 10.0. The summed E-state index contributed by atoms with van der Waals surface area (Å²) in [6.45, 7) is 0.646. The summed E-state index contributed by atoms with van der Waals surface area (Å²) in [6, 6.07) is 9.51. The lowest BCUT2D eigenvalue weighted by molar-refractivity contribution is -0.274. The number of nitrogens with zero attached hydrogens (tertiary/aromatic N) is 2. The first-order valence-corrected chi connectivity index (χ1v) is 10.3. The molecule has 0 radical (unpaired) electrons. The molecule has 3 heterocycles. The number of halogens is 3. The second-order valence-electron chi connectivity index (χ2n) is 7.00. The summed E-state index contributed by atoms with van der Waals surface area (Å²) in [5.41, 5.74) is 2.03. The molecule has 0 saturated carbocycles. The van der Waals surface area contributed by atoms with Gasteiger partial charge in [-0.2, -0.15) is 0 Å². The Kier molecular flexibility index (Phi) is 4.73. The molecule has 5 rings (SSSR count). The maximum atomic E-state index is 13.1.